The fraction of sp³-hybridized carbons (Fsp3) is 0.462. The topological polar surface area (TPSA) is 72.7 Å². The Morgan fingerprint density at radius 3 is 2.74 bits per heavy atom. The van der Waals surface area contributed by atoms with E-state index in [0.29, 0.717) is 25.1 Å². The molecule has 19 heavy (non-hydrogen) atoms. The van der Waals surface area contributed by atoms with Crippen molar-refractivity contribution < 1.29 is 14.5 Å². The van der Waals surface area contributed by atoms with Gasteiger partial charge in [-0.3, -0.25) is 14.9 Å². The number of carbonyl (C=O) groups is 1. The molecule has 0 spiro atoms. The predicted octanol–water partition coefficient (Wildman–Crippen LogP) is 1.90. The lowest BCUT2D eigenvalue weighted by Crippen LogP contribution is -2.22. The van der Waals surface area contributed by atoms with E-state index in [2.05, 4.69) is 4.74 Å². The molecule has 0 aliphatic carbocycles. The number of ether oxygens (including phenoxy) is 1. The van der Waals surface area contributed by atoms with E-state index in [4.69, 9.17) is 0 Å². The van der Waals surface area contributed by atoms with Crippen LogP contribution in [-0.4, -0.2) is 36.5 Å². The summed E-state index contributed by atoms with van der Waals surface area (Å²) in [6, 6.07) is 5.03. The van der Waals surface area contributed by atoms with Crippen molar-refractivity contribution in [3.63, 3.8) is 0 Å². The van der Waals surface area contributed by atoms with E-state index in [1.54, 1.807) is 13.0 Å². The van der Waals surface area contributed by atoms with Crippen LogP contribution in [0.3, 0.4) is 0 Å². The molecule has 0 aliphatic heterocycles. The highest BCUT2D eigenvalue weighted by Crippen LogP contribution is 2.21. The van der Waals surface area contributed by atoms with Gasteiger partial charge in [0.15, 0.2) is 0 Å². The van der Waals surface area contributed by atoms with Gasteiger partial charge in [-0.1, -0.05) is 12.1 Å². The minimum atomic E-state index is -0.382. The second-order valence-electron chi connectivity index (χ2n) is 4.38. The third-order valence-electron chi connectivity index (χ3n) is 2.98. The van der Waals surface area contributed by atoms with Crippen molar-refractivity contribution in [2.45, 2.75) is 19.9 Å². The number of hydrogen-bond acceptors (Lipinski definition) is 5. The van der Waals surface area contributed by atoms with Gasteiger partial charge in [0.1, 0.15) is 0 Å². The second kappa shape index (κ2) is 6.84. The molecular weight excluding hydrogens is 248 g/mol. The molecule has 104 valence electrons. The number of nitrogens with zero attached hydrogens (tertiary/aromatic N) is 2. The number of esters is 1. The SMILES string of the molecule is COC(=O)CCN(C)Cc1cccc([N+](=O)[O-])c1C. The quantitative estimate of drug-likeness (QED) is 0.446. The molecule has 1 rings (SSSR count). The fourth-order valence-corrected chi connectivity index (χ4v) is 1.79. The molecule has 0 amide bonds. The minimum Gasteiger partial charge on any atom is -0.469 e. The molecule has 0 aliphatic rings. The van der Waals surface area contributed by atoms with Gasteiger partial charge in [0, 0.05) is 24.7 Å². The number of methoxy groups -OCH3 is 1. The van der Waals surface area contributed by atoms with Crippen LogP contribution < -0.4 is 0 Å². The molecular formula is C13H18N2O4. The van der Waals surface area contributed by atoms with Gasteiger partial charge in [-0.15, -0.1) is 0 Å². The Bertz CT molecular complexity index is 474. The van der Waals surface area contributed by atoms with Crippen molar-refractivity contribution in [1.82, 2.24) is 4.90 Å². The Hall–Kier alpha value is -1.95. The van der Waals surface area contributed by atoms with Crippen LogP contribution in [0.4, 0.5) is 5.69 Å². The number of carbonyl (C=O) groups excluding carboxylic acids is 1. The van der Waals surface area contributed by atoms with E-state index in [9.17, 15) is 14.9 Å². The average molecular weight is 266 g/mol. The molecule has 0 fully saturated rings. The van der Waals surface area contributed by atoms with Crippen LogP contribution in [0.2, 0.25) is 0 Å². The summed E-state index contributed by atoms with van der Waals surface area (Å²) in [5, 5.41) is 10.8. The largest absolute Gasteiger partial charge is 0.469 e. The predicted molar refractivity (Wildman–Crippen MR) is 70.8 cm³/mol. The Morgan fingerprint density at radius 2 is 2.16 bits per heavy atom. The molecule has 6 nitrogen and oxygen atoms in total. The van der Waals surface area contributed by atoms with Crippen molar-refractivity contribution >= 4 is 11.7 Å². The Balaban J connectivity index is 2.69. The minimum absolute atomic E-state index is 0.124. The third kappa shape index (κ3) is 4.33. The molecule has 0 aromatic heterocycles. The first kappa shape index (κ1) is 15.1. The average Bonchev–Trinajstić information content (AvgIpc) is 2.38. The molecule has 1 aromatic rings. The first-order chi connectivity index (χ1) is 8.95. The molecule has 0 bridgehead atoms. The molecule has 0 radical (unpaired) electrons. The summed E-state index contributed by atoms with van der Waals surface area (Å²) >= 11 is 0. The maximum absolute atomic E-state index is 11.0. The van der Waals surface area contributed by atoms with Gasteiger partial charge in [-0.05, 0) is 19.5 Å². The van der Waals surface area contributed by atoms with Gasteiger partial charge in [-0.2, -0.15) is 0 Å². The van der Waals surface area contributed by atoms with E-state index in [1.165, 1.54) is 13.2 Å². The van der Waals surface area contributed by atoms with Gasteiger partial charge in [-0.25, -0.2) is 0 Å². The van der Waals surface area contributed by atoms with E-state index >= 15 is 0 Å². The van der Waals surface area contributed by atoms with Crippen LogP contribution in [-0.2, 0) is 16.1 Å². The third-order valence-corrected chi connectivity index (χ3v) is 2.98. The van der Waals surface area contributed by atoms with Gasteiger partial charge in [0.2, 0.25) is 0 Å². The van der Waals surface area contributed by atoms with Crippen LogP contribution >= 0.6 is 0 Å². The highest BCUT2D eigenvalue weighted by atomic mass is 16.6. The summed E-state index contributed by atoms with van der Waals surface area (Å²) in [6.07, 6.45) is 0.307. The first-order valence-corrected chi connectivity index (χ1v) is 5.94. The zero-order valence-electron chi connectivity index (χ0n) is 11.4. The lowest BCUT2D eigenvalue weighted by Gasteiger charge is -2.17. The molecule has 0 atom stereocenters. The zero-order valence-corrected chi connectivity index (χ0v) is 11.4. The lowest BCUT2D eigenvalue weighted by molar-refractivity contribution is -0.385. The summed E-state index contributed by atoms with van der Waals surface area (Å²) in [5.74, 6) is -0.261. The van der Waals surface area contributed by atoms with Gasteiger partial charge >= 0.3 is 5.97 Å². The van der Waals surface area contributed by atoms with E-state index in [-0.39, 0.29) is 16.6 Å². The van der Waals surface area contributed by atoms with Gasteiger partial charge in [0.05, 0.1) is 18.5 Å². The number of benzene rings is 1. The second-order valence-corrected chi connectivity index (χ2v) is 4.38. The summed E-state index contributed by atoms with van der Waals surface area (Å²) in [6.45, 7) is 2.85. The van der Waals surface area contributed by atoms with Gasteiger partial charge < -0.3 is 9.64 Å². The Kier molecular flexibility index (Phi) is 5.44. The maximum atomic E-state index is 11.0. The summed E-state index contributed by atoms with van der Waals surface area (Å²) in [4.78, 5) is 23.4. The highest BCUT2D eigenvalue weighted by molar-refractivity contribution is 5.69. The summed E-state index contributed by atoms with van der Waals surface area (Å²) in [5.41, 5.74) is 1.68. The van der Waals surface area contributed by atoms with Crippen LogP contribution in [0.5, 0.6) is 0 Å². The van der Waals surface area contributed by atoms with Gasteiger partial charge in [0.25, 0.3) is 5.69 Å². The van der Waals surface area contributed by atoms with Crippen LogP contribution in [0, 0.1) is 17.0 Å². The van der Waals surface area contributed by atoms with Crippen molar-refractivity contribution in [3.8, 4) is 0 Å². The van der Waals surface area contributed by atoms with Crippen LogP contribution in [0.1, 0.15) is 17.5 Å². The summed E-state index contributed by atoms with van der Waals surface area (Å²) in [7, 11) is 3.22. The Morgan fingerprint density at radius 1 is 1.47 bits per heavy atom. The zero-order chi connectivity index (χ0) is 14.4. The molecule has 0 heterocycles. The highest BCUT2D eigenvalue weighted by Gasteiger charge is 2.14. The number of hydrogen-bond donors (Lipinski definition) is 0. The van der Waals surface area contributed by atoms with Crippen LogP contribution in [0.15, 0.2) is 18.2 Å². The first-order valence-electron chi connectivity index (χ1n) is 5.94. The monoisotopic (exact) mass is 266 g/mol. The van der Waals surface area contributed by atoms with Crippen molar-refractivity contribution in [3.05, 3.63) is 39.4 Å². The van der Waals surface area contributed by atoms with E-state index in [1.807, 2.05) is 18.0 Å². The molecule has 6 heteroatoms. The number of rotatable bonds is 6. The molecule has 0 saturated heterocycles. The maximum Gasteiger partial charge on any atom is 0.306 e. The molecule has 0 saturated carbocycles. The fourth-order valence-electron chi connectivity index (χ4n) is 1.79. The van der Waals surface area contributed by atoms with Crippen molar-refractivity contribution in [2.24, 2.45) is 0 Å². The van der Waals surface area contributed by atoms with Crippen LogP contribution in [0.25, 0.3) is 0 Å². The normalized spacial score (nSPS) is 10.5. The standard InChI is InChI=1S/C13H18N2O4/c1-10-11(5-4-6-12(10)15(17)18)9-14(2)8-7-13(16)19-3/h4-6H,7-9H2,1-3H3. The smallest absolute Gasteiger partial charge is 0.306 e. The molecule has 1 aromatic carbocycles. The van der Waals surface area contributed by atoms with E-state index < -0.39 is 0 Å². The summed E-state index contributed by atoms with van der Waals surface area (Å²) < 4.78 is 4.57. The molecule has 0 unspecified atom stereocenters. The molecule has 0 N–H and O–H groups in total. The van der Waals surface area contributed by atoms with Crippen molar-refractivity contribution in [1.29, 1.82) is 0 Å². The Labute approximate surface area is 112 Å². The number of nitro benzene ring substituents is 1. The lowest BCUT2D eigenvalue weighted by atomic mass is 10.1. The van der Waals surface area contributed by atoms with Crippen molar-refractivity contribution in [2.75, 3.05) is 20.7 Å². The number of nitro groups is 1. The van der Waals surface area contributed by atoms with E-state index in [0.717, 1.165) is 5.56 Å².